The molecule has 7 nitrogen and oxygen atoms in total. The number of aromatic amines is 2. The third kappa shape index (κ3) is 12.5. The van der Waals surface area contributed by atoms with Crippen molar-refractivity contribution >= 4 is 123 Å². The maximum Gasteiger partial charge on any atom is 0.416 e. The summed E-state index contributed by atoms with van der Waals surface area (Å²) in [6.07, 6.45) is 1.37. The first-order chi connectivity index (χ1) is 29.8. The zero-order valence-electron chi connectivity index (χ0n) is 34.1. The molecule has 3 aliphatic rings. The van der Waals surface area contributed by atoms with Crippen molar-refractivity contribution in [2.24, 2.45) is 0 Å². The molecule has 3 aliphatic heterocycles. The van der Waals surface area contributed by atoms with Gasteiger partial charge in [0.2, 0.25) is 5.91 Å². The molecular formula is C48H47BrF3I3N6O. The zero-order valence-corrected chi connectivity index (χ0v) is 42.2. The Bertz CT molecular complexity index is 2550. The minimum atomic E-state index is -4.45. The second-order valence-corrected chi connectivity index (χ2v) is 20.0. The summed E-state index contributed by atoms with van der Waals surface area (Å²) in [6, 6.07) is 33.6. The Hall–Kier alpha value is -3.17. The van der Waals surface area contributed by atoms with Crippen molar-refractivity contribution in [3.8, 4) is 0 Å². The summed E-state index contributed by atoms with van der Waals surface area (Å²) in [6.45, 7) is 8.29. The van der Waals surface area contributed by atoms with E-state index in [-0.39, 0.29) is 24.4 Å². The molecule has 7 aromatic rings. The van der Waals surface area contributed by atoms with E-state index in [1.54, 1.807) is 17.0 Å². The summed E-state index contributed by atoms with van der Waals surface area (Å²) in [5.41, 5.74) is 7.21. The molecule has 1 fully saturated rings. The van der Waals surface area contributed by atoms with Gasteiger partial charge in [-0.2, -0.15) is 13.2 Å². The van der Waals surface area contributed by atoms with E-state index in [1.807, 2.05) is 36.7 Å². The highest BCUT2D eigenvalue weighted by Gasteiger charge is 2.35. The Morgan fingerprint density at radius 2 is 1.32 bits per heavy atom. The maximum absolute atomic E-state index is 13.9. The number of halogens is 7. The fourth-order valence-electron chi connectivity index (χ4n) is 7.82. The average Bonchev–Trinajstić information content (AvgIpc) is 4.09. The number of benzene rings is 5. The lowest BCUT2D eigenvalue weighted by molar-refractivity contribution is -0.138. The number of nitrogens with one attached hydrogen (secondary N) is 3. The van der Waals surface area contributed by atoms with Crippen LogP contribution in [0.3, 0.4) is 0 Å². The molecule has 0 saturated carbocycles. The van der Waals surface area contributed by atoms with Crippen LogP contribution in [0, 0.1) is 10.7 Å². The van der Waals surface area contributed by atoms with Crippen molar-refractivity contribution in [2.75, 3.05) is 56.0 Å². The third-order valence-electron chi connectivity index (χ3n) is 11.2. The number of aromatic nitrogens is 2. The quantitative estimate of drug-likeness (QED) is 0.150. The number of hydrogen-bond donors (Lipinski definition) is 3. The van der Waals surface area contributed by atoms with Crippen LogP contribution in [0.15, 0.2) is 120 Å². The topological polar surface area (TPSA) is 70.4 Å². The highest BCUT2D eigenvalue weighted by molar-refractivity contribution is 14.1. The van der Waals surface area contributed by atoms with Gasteiger partial charge in [-0.15, -0.1) is 0 Å². The molecule has 3 N–H and O–H groups in total. The van der Waals surface area contributed by atoms with Crippen LogP contribution in [-0.4, -0.2) is 71.5 Å². The predicted octanol–water partition coefficient (Wildman–Crippen LogP) is 12.5. The van der Waals surface area contributed by atoms with E-state index < -0.39 is 11.7 Å². The SMILES string of the molecule is Brc1ccc2cc[nH]c2c1.CCN1CCN(Cc2ccc(CC(=O)N3CCc4ccc(I)cc43)cc2C(F)(F)F)CC1.Ic1ccc2c(c1)NCC2.Ic1ccc2cc[nH]c2c1. The standard InChI is InChI=1S/C24H27F3IN3O.C8H6BrN.C8H8IN.C8H6IN/c1-2-29-9-11-30(12-10-29)16-19-4-3-17(13-21(19)24(25,26)27)14-23(32)31-8-7-18-5-6-20(28)15-22(18)31;3*9-7-2-1-6-3-4-10-8(6)5-7/h3-6,13,15H,2,7-12,14,16H2,1H3;1-5,10H;1-2,5,10H,3-4H2;1-5,10H. The number of carbonyl (C=O) groups excluding carboxylic acids is 1. The first-order valence-corrected chi connectivity index (χ1v) is 24.6. The van der Waals surface area contributed by atoms with Crippen molar-refractivity contribution in [3.63, 3.8) is 0 Å². The van der Waals surface area contributed by atoms with E-state index >= 15 is 0 Å². The van der Waals surface area contributed by atoms with Crippen molar-refractivity contribution in [3.05, 3.63) is 159 Å². The molecular weight excluding hydrogens is 1190 g/mol. The summed E-state index contributed by atoms with van der Waals surface area (Å²) in [5, 5.41) is 5.87. The van der Waals surface area contributed by atoms with E-state index in [0.29, 0.717) is 12.1 Å². The largest absolute Gasteiger partial charge is 0.416 e. The molecule has 0 spiro atoms. The lowest BCUT2D eigenvalue weighted by atomic mass is 10.0. The van der Waals surface area contributed by atoms with Gasteiger partial charge in [0.1, 0.15) is 0 Å². The molecule has 62 heavy (non-hydrogen) atoms. The molecule has 0 aliphatic carbocycles. The number of nitrogens with zero attached hydrogens (tertiary/aromatic N) is 3. The number of hydrogen-bond acceptors (Lipinski definition) is 4. The van der Waals surface area contributed by atoms with Gasteiger partial charge >= 0.3 is 6.18 Å². The fraction of sp³-hybridized carbons (Fsp3) is 0.271. The second-order valence-electron chi connectivity index (χ2n) is 15.3. The first-order valence-electron chi connectivity index (χ1n) is 20.5. The lowest BCUT2D eigenvalue weighted by Gasteiger charge is -2.34. The van der Waals surface area contributed by atoms with Crippen LogP contribution in [0.5, 0.6) is 0 Å². The molecule has 2 aromatic heterocycles. The minimum Gasteiger partial charge on any atom is -0.384 e. The van der Waals surface area contributed by atoms with Crippen LogP contribution in [0.1, 0.15) is 34.7 Å². The second kappa shape index (κ2) is 21.7. The van der Waals surface area contributed by atoms with E-state index in [9.17, 15) is 18.0 Å². The van der Waals surface area contributed by atoms with Gasteiger partial charge in [0.25, 0.3) is 0 Å². The number of H-pyrrole nitrogens is 2. The molecule has 0 atom stereocenters. The molecule has 0 radical (unpaired) electrons. The van der Waals surface area contributed by atoms with Gasteiger partial charge in [-0.25, -0.2) is 0 Å². The highest BCUT2D eigenvalue weighted by Crippen LogP contribution is 2.35. The summed E-state index contributed by atoms with van der Waals surface area (Å²) in [7, 11) is 0. The minimum absolute atomic E-state index is 0.0382. The Balaban J connectivity index is 0.000000153. The maximum atomic E-state index is 13.9. The number of piperazine rings is 1. The summed E-state index contributed by atoms with van der Waals surface area (Å²) >= 11 is 10.2. The molecule has 5 heterocycles. The smallest absolute Gasteiger partial charge is 0.384 e. The van der Waals surface area contributed by atoms with Gasteiger partial charge < -0.3 is 25.1 Å². The van der Waals surface area contributed by atoms with Crippen molar-refractivity contribution in [2.45, 2.75) is 38.9 Å². The molecule has 0 bridgehead atoms. The highest BCUT2D eigenvalue weighted by atomic mass is 127. The van der Waals surface area contributed by atoms with Gasteiger partial charge in [-0.1, -0.05) is 59.3 Å². The van der Waals surface area contributed by atoms with Crippen LogP contribution in [-0.2, 0) is 36.8 Å². The average molecular weight is 1240 g/mol. The molecule has 1 amide bonds. The number of alkyl halides is 3. The Labute approximate surface area is 410 Å². The monoisotopic (exact) mass is 1240 g/mol. The molecule has 10 rings (SSSR count). The molecule has 5 aromatic carbocycles. The van der Waals surface area contributed by atoms with Gasteiger partial charge in [0.05, 0.1) is 12.0 Å². The third-order valence-corrected chi connectivity index (χ3v) is 13.7. The Morgan fingerprint density at radius 3 is 2.03 bits per heavy atom. The first kappa shape index (κ1) is 46.8. The fourth-order valence-corrected chi connectivity index (χ4v) is 9.64. The van der Waals surface area contributed by atoms with Crippen molar-refractivity contribution in [1.82, 2.24) is 19.8 Å². The van der Waals surface area contributed by atoms with Gasteiger partial charge in [-0.3, -0.25) is 9.69 Å². The van der Waals surface area contributed by atoms with Crippen LogP contribution in [0.2, 0.25) is 0 Å². The lowest BCUT2D eigenvalue weighted by Crippen LogP contribution is -2.45. The number of fused-ring (bicyclic) bond motifs is 4. The summed E-state index contributed by atoms with van der Waals surface area (Å²) in [5.74, 6) is -0.165. The van der Waals surface area contributed by atoms with Crippen molar-refractivity contribution in [1.29, 1.82) is 0 Å². The van der Waals surface area contributed by atoms with Gasteiger partial charge in [-0.05, 0) is 187 Å². The van der Waals surface area contributed by atoms with Crippen LogP contribution < -0.4 is 10.2 Å². The molecule has 1 saturated heterocycles. The van der Waals surface area contributed by atoms with Crippen LogP contribution >= 0.6 is 83.7 Å². The Kier molecular flexibility index (Phi) is 16.4. The summed E-state index contributed by atoms with van der Waals surface area (Å²) < 4.78 is 46.3. The Morgan fingerprint density at radius 1 is 0.694 bits per heavy atom. The molecule has 14 heteroatoms. The number of amides is 1. The molecule has 324 valence electrons. The number of likely N-dealkylation sites (N-methyl/N-ethyl adjacent to an activating group) is 1. The molecule has 0 unspecified atom stereocenters. The van der Waals surface area contributed by atoms with Crippen LogP contribution in [0.4, 0.5) is 24.5 Å². The summed E-state index contributed by atoms with van der Waals surface area (Å²) in [4.78, 5) is 25.3. The number of carbonyl (C=O) groups is 1. The van der Waals surface area contributed by atoms with E-state index in [2.05, 4.69) is 176 Å². The normalized spacial score (nSPS) is 14.8. The predicted molar refractivity (Wildman–Crippen MR) is 276 cm³/mol. The van der Waals surface area contributed by atoms with Crippen molar-refractivity contribution < 1.29 is 18.0 Å². The number of anilines is 2. The van der Waals surface area contributed by atoms with Gasteiger partial charge in [0, 0.05) is 95.8 Å². The number of rotatable bonds is 5. The van der Waals surface area contributed by atoms with E-state index in [4.69, 9.17) is 0 Å². The van der Waals surface area contributed by atoms with Gasteiger partial charge in [0.15, 0.2) is 0 Å². The van der Waals surface area contributed by atoms with Crippen LogP contribution in [0.25, 0.3) is 21.8 Å². The van der Waals surface area contributed by atoms with E-state index in [0.717, 1.165) is 65.0 Å². The van der Waals surface area contributed by atoms with E-state index in [1.165, 1.54) is 52.7 Å². The zero-order chi connectivity index (χ0) is 43.8.